The summed E-state index contributed by atoms with van der Waals surface area (Å²) in [5.74, 6) is 0.398. The normalized spacial score (nSPS) is 13.9. The lowest BCUT2D eigenvalue weighted by molar-refractivity contribution is 0.0951. The van der Waals surface area contributed by atoms with Crippen LogP contribution in [0.2, 0.25) is 0 Å². The number of nitrogens with one attached hydrogen (secondary N) is 3. The van der Waals surface area contributed by atoms with E-state index in [0.717, 1.165) is 31.5 Å². The average Bonchev–Trinajstić information content (AvgIpc) is 2.86. The number of carbonyl (C=O) groups is 2. The number of carbonyl (C=O) groups excluding carboxylic acids is 2. The molecule has 2 amide bonds. The molecule has 1 aromatic carbocycles. The molecule has 0 spiro atoms. The molecule has 34 heavy (non-hydrogen) atoms. The van der Waals surface area contributed by atoms with E-state index in [1.807, 2.05) is 6.07 Å². The third-order valence-corrected chi connectivity index (χ3v) is 5.96. The third-order valence-electron chi connectivity index (χ3n) is 5.96. The van der Waals surface area contributed by atoms with Gasteiger partial charge in [0, 0.05) is 19.8 Å². The molecule has 0 aliphatic carbocycles. The maximum Gasteiger partial charge on any atom is 0.263 e. The number of piperidine rings is 1. The van der Waals surface area contributed by atoms with Crippen molar-refractivity contribution in [2.75, 3.05) is 39.9 Å². The summed E-state index contributed by atoms with van der Waals surface area (Å²) in [6.45, 7) is 2.87. The van der Waals surface area contributed by atoms with E-state index in [0.29, 0.717) is 18.2 Å². The van der Waals surface area contributed by atoms with Gasteiger partial charge in [-0.1, -0.05) is 12.1 Å². The highest BCUT2D eigenvalue weighted by atomic mass is 16.5. The molecule has 1 aliphatic heterocycles. The summed E-state index contributed by atoms with van der Waals surface area (Å²) in [6.07, 6.45) is 5.78. The summed E-state index contributed by atoms with van der Waals surface area (Å²) < 4.78 is 6.80. The van der Waals surface area contributed by atoms with Crippen LogP contribution in [-0.4, -0.2) is 61.4 Å². The largest absolute Gasteiger partial charge is 0.491 e. The lowest BCUT2D eigenvalue weighted by Gasteiger charge is -2.22. The smallest absolute Gasteiger partial charge is 0.263 e. The number of ether oxygens (including phenoxy) is 1. The van der Waals surface area contributed by atoms with Gasteiger partial charge in [0.15, 0.2) is 0 Å². The summed E-state index contributed by atoms with van der Waals surface area (Å²) in [6, 6.07) is 8.47. The summed E-state index contributed by atoms with van der Waals surface area (Å²) >= 11 is 0. The number of aliphatic hydroxyl groups is 1. The number of hydrogen-bond donors (Lipinski definition) is 4. The minimum Gasteiger partial charge on any atom is -0.491 e. The molecule has 0 atom stereocenters. The molecule has 2 aromatic rings. The summed E-state index contributed by atoms with van der Waals surface area (Å²) in [5, 5.41) is 17.7. The first-order chi connectivity index (χ1) is 16.5. The monoisotopic (exact) mass is 470 g/mol. The van der Waals surface area contributed by atoms with Crippen molar-refractivity contribution in [2.45, 2.75) is 32.2 Å². The van der Waals surface area contributed by atoms with Gasteiger partial charge in [-0.15, -0.1) is 0 Å². The van der Waals surface area contributed by atoms with Gasteiger partial charge in [-0.3, -0.25) is 14.4 Å². The summed E-state index contributed by atoms with van der Waals surface area (Å²) in [5.41, 5.74) is 0.453. The van der Waals surface area contributed by atoms with E-state index < -0.39 is 11.5 Å². The highest BCUT2D eigenvalue weighted by Gasteiger charge is 2.18. The topological polar surface area (TPSA) is 122 Å². The number of pyridine rings is 1. The Morgan fingerprint density at radius 3 is 2.74 bits per heavy atom. The van der Waals surface area contributed by atoms with Crippen molar-refractivity contribution in [3.05, 3.63) is 63.6 Å². The highest BCUT2D eigenvalue weighted by Crippen LogP contribution is 2.17. The van der Waals surface area contributed by atoms with Gasteiger partial charge in [-0.2, -0.15) is 0 Å². The number of rotatable bonds is 11. The van der Waals surface area contributed by atoms with Crippen molar-refractivity contribution in [3.63, 3.8) is 0 Å². The first kappa shape index (κ1) is 25.5. The van der Waals surface area contributed by atoms with Crippen LogP contribution >= 0.6 is 0 Å². The van der Waals surface area contributed by atoms with Gasteiger partial charge in [-0.25, -0.2) is 0 Å². The molecule has 0 radical (unpaired) electrons. The maximum absolute atomic E-state index is 12.9. The molecule has 0 saturated carbocycles. The molecule has 1 aromatic heterocycles. The lowest BCUT2D eigenvalue weighted by Crippen LogP contribution is -2.34. The van der Waals surface area contributed by atoms with E-state index in [4.69, 9.17) is 9.84 Å². The van der Waals surface area contributed by atoms with Crippen LogP contribution in [0.4, 0.5) is 0 Å². The van der Waals surface area contributed by atoms with Crippen molar-refractivity contribution in [3.8, 4) is 5.75 Å². The molecular formula is C25H34N4O5. The van der Waals surface area contributed by atoms with E-state index in [9.17, 15) is 14.4 Å². The van der Waals surface area contributed by atoms with Crippen molar-refractivity contribution in [2.24, 2.45) is 5.92 Å². The van der Waals surface area contributed by atoms with E-state index >= 15 is 0 Å². The minimum absolute atomic E-state index is 0.0856. The molecule has 9 nitrogen and oxygen atoms in total. The molecular weight excluding hydrogens is 436 g/mol. The van der Waals surface area contributed by atoms with Gasteiger partial charge in [0.25, 0.3) is 17.4 Å². The number of nitrogens with zero attached hydrogens (tertiary/aromatic N) is 1. The summed E-state index contributed by atoms with van der Waals surface area (Å²) in [7, 11) is 1.45. The van der Waals surface area contributed by atoms with E-state index in [1.54, 1.807) is 18.2 Å². The second-order valence-corrected chi connectivity index (χ2v) is 8.47. The molecule has 0 unspecified atom stereocenters. The minimum atomic E-state index is -0.542. The zero-order valence-electron chi connectivity index (χ0n) is 19.6. The second kappa shape index (κ2) is 12.9. The van der Waals surface area contributed by atoms with Crippen LogP contribution in [0, 0.1) is 5.92 Å². The van der Waals surface area contributed by atoms with Crippen molar-refractivity contribution < 1.29 is 19.4 Å². The lowest BCUT2D eigenvalue weighted by atomic mass is 9.93. The predicted molar refractivity (Wildman–Crippen MR) is 129 cm³/mol. The SMILES string of the molecule is CNC(=O)c1cc(C(=O)NCCCC2CCNCC2)cn(Cc2cccc(OCCO)c2)c1=O. The highest BCUT2D eigenvalue weighted by molar-refractivity contribution is 5.99. The second-order valence-electron chi connectivity index (χ2n) is 8.47. The number of hydrogen-bond acceptors (Lipinski definition) is 6. The van der Waals surface area contributed by atoms with Crippen LogP contribution in [0.3, 0.4) is 0 Å². The van der Waals surface area contributed by atoms with Crippen LogP contribution in [0.5, 0.6) is 5.75 Å². The predicted octanol–water partition coefficient (Wildman–Crippen LogP) is 1.14. The Kier molecular flexibility index (Phi) is 9.66. The zero-order valence-corrected chi connectivity index (χ0v) is 19.6. The molecule has 1 aliphatic rings. The van der Waals surface area contributed by atoms with Gasteiger partial charge in [-0.05, 0) is 68.5 Å². The van der Waals surface area contributed by atoms with Crippen molar-refractivity contribution >= 4 is 11.8 Å². The van der Waals surface area contributed by atoms with Gasteiger partial charge in [0.05, 0.1) is 18.7 Å². The molecule has 2 heterocycles. The van der Waals surface area contributed by atoms with E-state index in [1.165, 1.54) is 36.7 Å². The Balaban J connectivity index is 1.73. The van der Waals surface area contributed by atoms with E-state index in [-0.39, 0.29) is 36.8 Å². The van der Waals surface area contributed by atoms with Gasteiger partial charge < -0.3 is 30.4 Å². The molecule has 3 rings (SSSR count). The number of amides is 2. The van der Waals surface area contributed by atoms with E-state index in [2.05, 4.69) is 16.0 Å². The first-order valence-corrected chi connectivity index (χ1v) is 11.8. The fourth-order valence-electron chi connectivity index (χ4n) is 4.13. The average molecular weight is 471 g/mol. The molecule has 9 heteroatoms. The summed E-state index contributed by atoms with van der Waals surface area (Å²) in [4.78, 5) is 38.1. The molecule has 1 saturated heterocycles. The quantitative estimate of drug-likeness (QED) is 0.366. The number of aromatic nitrogens is 1. The van der Waals surface area contributed by atoms with Crippen LogP contribution in [0.15, 0.2) is 41.3 Å². The Hall–Kier alpha value is -3.17. The number of aliphatic hydroxyl groups excluding tert-OH is 1. The Morgan fingerprint density at radius 2 is 2.00 bits per heavy atom. The molecule has 0 bridgehead atoms. The Bertz CT molecular complexity index is 1030. The standard InChI is InChI=1S/C25H34N4O5/c1-26-24(32)22-15-20(23(31)28-9-3-5-18-7-10-27-11-8-18)17-29(25(22)33)16-19-4-2-6-21(14-19)34-13-12-30/h2,4,6,14-15,17-18,27,30H,3,5,7-13,16H2,1H3,(H,26,32)(H,28,31). The first-order valence-electron chi connectivity index (χ1n) is 11.8. The van der Waals surface area contributed by atoms with Crippen LogP contribution in [-0.2, 0) is 6.54 Å². The van der Waals surface area contributed by atoms with Crippen LogP contribution in [0.1, 0.15) is 52.0 Å². The van der Waals surface area contributed by atoms with Gasteiger partial charge in [0.2, 0.25) is 0 Å². The molecule has 4 N–H and O–H groups in total. The van der Waals surface area contributed by atoms with Crippen molar-refractivity contribution in [1.82, 2.24) is 20.5 Å². The zero-order chi connectivity index (χ0) is 24.3. The third kappa shape index (κ3) is 7.16. The van der Waals surface area contributed by atoms with Crippen LogP contribution in [0.25, 0.3) is 0 Å². The van der Waals surface area contributed by atoms with Gasteiger partial charge in [0.1, 0.15) is 17.9 Å². The van der Waals surface area contributed by atoms with Crippen molar-refractivity contribution in [1.29, 1.82) is 0 Å². The fraction of sp³-hybridized carbons (Fsp3) is 0.480. The number of benzene rings is 1. The Morgan fingerprint density at radius 1 is 1.21 bits per heavy atom. The molecule has 1 fully saturated rings. The fourth-order valence-corrected chi connectivity index (χ4v) is 4.13. The van der Waals surface area contributed by atoms with Gasteiger partial charge >= 0.3 is 0 Å². The molecule has 184 valence electrons. The Labute approximate surface area is 199 Å². The van der Waals surface area contributed by atoms with Crippen LogP contribution < -0.4 is 26.2 Å². The maximum atomic E-state index is 12.9.